The van der Waals surface area contributed by atoms with Crippen LogP contribution in [0.5, 0.6) is 5.75 Å². The molecule has 0 bridgehead atoms. The fourth-order valence-electron chi connectivity index (χ4n) is 1.93. The fraction of sp³-hybridized carbons (Fsp3) is 0.222. The zero-order valence-corrected chi connectivity index (χ0v) is 13.5. The van der Waals surface area contributed by atoms with Gasteiger partial charge in [-0.25, -0.2) is 9.18 Å². The molecule has 0 saturated heterocycles. The van der Waals surface area contributed by atoms with Gasteiger partial charge in [0.25, 0.3) is 5.91 Å². The summed E-state index contributed by atoms with van der Waals surface area (Å²) in [5.74, 6) is -1.17. The van der Waals surface area contributed by atoms with Gasteiger partial charge in [-0.3, -0.25) is 4.79 Å². The van der Waals surface area contributed by atoms with E-state index in [0.29, 0.717) is 11.4 Å². The van der Waals surface area contributed by atoms with E-state index in [1.807, 2.05) is 26.0 Å². The maximum Gasteiger partial charge on any atom is 0.344 e. The number of hydrogen-bond donors (Lipinski definition) is 1. The number of carbonyl (C=O) groups is 2. The molecule has 0 unspecified atom stereocenters. The van der Waals surface area contributed by atoms with Crippen LogP contribution < -0.4 is 10.1 Å². The monoisotopic (exact) mass is 331 g/mol. The molecule has 0 heterocycles. The number of aryl methyl sites for hydroxylation is 1. The number of ether oxygens (including phenoxy) is 2. The normalized spacial score (nSPS) is 10.1. The number of amides is 1. The van der Waals surface area contributed by atoms with E-state index in [9.17, 15) is 14.0 Å². The van der Waals surface area contributed by atoms with Gasteiger partial charge in [-0.05, 0) is 55.3 Å². The first kappa shape index (κ1) is 17.5. The molecule has 2 aromatic carbocycles. The van der Waals surface area contributed by atoms with Crippen LogP contribution in [0.25, 0.3) is 0 Å². The molecular weight excluding hydrogens is 313 g/mol. The first-order chi connectivity index (χ1) is 11.5. The minimum atomic E-state index is -0.685. The third-order valence-electron chi connectivity index (χ3n) is 3.41. The van der Waals surface area contributed by atoms with Gasteiger partial charge < -0.3 is 14.8 Å². The van der Waals surface area contributed by atoms with E-state index in [1.165, 1.54) is 24.3 Å². The van der Waals surface area contributed by atoms with Gasteiger partial charge in [-0.1, -0.05) is 12.1 Å². The van der Waals surface area contributed by atoms with Crippen molar-refractivity contribution in [3.05, 3.63) is 59.4 Å². The first-order valence-electron chi connectivity index (χ1n) is 7.36. The quantitative estimate of drug-likeness (QED) is 0.827. The van der Waals surface area contributed by atoms with E-state index in [1.54, 1.807) is 6.07 Å². The van der Waals surface area contributed by atoms with Gasteiger partial charge in [0.15, 0.2) is 13.2 Å². The second-order valence-electron chi connectivity index (χ2n) is 5.20. The van der Waals surface area contributed by atoms with Crippen LogP contribution in [0.15, 0.2) is 42.5 Å². The van der Waals surface area contributed by atoms with Crippen molar-refractivity contribution in [2.75, 3.05) is 18.5 Å². The Balaban J connectivity index is 1.75. The van der Waals surface area contributed by atoms with Crippen LogP contribution in [0.1, 0.15) is 11.1 Å². The lowest BCUT2D eigenvalue weighted by atomic mass is 10.1. The molecule has 24 heavy (non-hydrogen) atoms. The topological polar surface area (TPSA) is 64.6 Å². The molecule has 0 spiro atoms. The van der Waals surface area contributed by atoms with Crippen LogP contribution in [-0.2, 0) is 14.3 Å². The average Bonchev–Trinajstić information content (AvgIpc) is 2.56. The fourth-order valence-corrected chi connectivity index (χ4v) is 1.93. The maximum absolute atomic E-state index is 12.7. The predicted octanol–water partition coefficient (Wildman–Crippen LogP) is 3.00. The smallest absolute Gasteiger partial charge is 0.344 e. The van der Waals surface area contributed by atoms with Crippen molar-refractivity contribution < 1.29 is 23.5 Å². The van der Waals surface area contributed by atoms with Gasteiger partial charge in [0, 0.05) is 5.69 Å². The average molecular weight is 331 g/mol. The maximum atomic E-state index is 12.7. The highest BCUT2D eigenvalue weighted by atomic mass is 19.1. The molecular formula is C18H18FNO4. The van der Waals surface area contributed by atoms with Crippen molar-refractivity contribution in [1.82, 2.24) is 0 Å². The predicted molar refractivity (Wildman–Crippen MR) is 87.4 cm³/mol. The molecule has 5 nitrogen and oxygen atoms in total. The molecule has 0 saturated carbocycles. The minimum Gasteiger partial charge on any atom is -0.482 e. The highest BCUT2D eigenvalue weighted by molar-refractivity contribution is 5.93. The van der Waals surface area contributed by atoms with Crippen molar-refractivity contribution in [1.29, 1.82) is 0 Å². The van der Waals surface area contributed by atoms with Crippen molar-refractivity contribution in [3.63, 3.8) is 0 Å². The molecule has 1 amide bonds. The molecule has 0 fully saturated rings. The van der Waals surface area contributed by atoms with Gasteiger partial charge in [-0.2, -0.15) is 0 Å². The molecule has 126 valence electrons. The lowest BCUT2D eigenvalue weighted by Crippen LogP contribution is -2.24. The molecule has 0 atom stereocenters. The molecule has 0 aliphatic rings. The third-order valence-corrected chi connectivity index (χ3v) is 3.41. The summed E-state index contributed by atoms with van der Waals surface area (Å²) in [5.41, 5.74) is 2.69. The summed E-state index contributed by atoms with van der Waals surface area (Å²) in [7, 11) is 0. The van der Waals surface area contributed by atoms with E-state index in [2.05, 4.69) is 5.32 Å². The molecule has 6 heteroatoms. The molecule has 2 aromatic rings. The van der Waals surface area contributed by atoms with Crippen LogP contribution >= 0.6 is 0 Å². The van der Waals surface area contributed by atoms with Crippen molar-refractivity contribution in [2.24, 2.45) is 0 Å². The molecule has 0 radical (unpaired) electrons. The van der Waals surface area contributed by atoms with Gasteiger partial charge in [0.1, 0.15) is 11.6 Å². The molecule has 0 aliphatic carbocycles. The summed E-state index contributed by atoms with van der Waals surface area (Å²) < 4.78 is 22.7. The summed E-state index contributed by atoms with van der Waals surface area (Å²) in [6, 6.07) is 10.8. The standard InChI is InChI=1S/C18H18FNO4/c1-12-4-3-5-16(13(12)2)20-17(21)10-24-18(22)11-23-15-8-6-14(19)7-9-15/h3-9H,10-11H2,1-2H3,(H,20,21). The number of anilines is 1. The summed E-state index contributed by atoms with van der Waals surface area (Å²) in [5, 5.41) is 2.69. The van der Waals surface area contributed by atoms with E-state index in [4.69, 9.17) is 9.47 Å². The van der Waals surface area contributed by atoms with E-state index >= 15 is 0 Å². The van der Waals surface area contributed by atoms with E-state index < -0.39 is 24.3 Å². The van der Waals surface area contributed by atoms with Crippen LogP contribution in [0, 0.1) is 19.7 Å². The largest absolute Gasteiger partial charge is 0.482 e. The number of benzene rings is 2. The highest BCUT2D eigenvalue weighted by Gasteiger charge is 2.10. The van der Waals surface area contributed by atoms with Crippen LogP contribution in [0.3, 0.4) is 0 Å². The number of esters is 1. The third kappa shape index (κ3) is 5.08. The lowest BCUT2D eigenvalue weighted by Gasteiger charge is -2.11. The molecule has 1 N–H and O–H groups in total. The summed E-state index contributed by atoms with van der Waals surface area (Å²) >= 11 is 0. The Morgan fingerprint density at radius 1 is 1.04 bits per heavy atom. The summed E-state index contributed by atoms with van der Waals surface area (Å²) in [6.07, 6.45) is 0. The van der Waals surface area contributed by atoms with Gasteiger partial charge >= 0.3 is 5.97 Å². The lowest BCUT2D eigenvalue weighted by molar-refractivity contribution is -0.149. The number of nitrogens with one attached hydrogen (secondary N) is 1. The zero-order chi connectivity index (χ0) is 17.5. The Morgan fingerprint density at radius 2 is 1.75 bits per heavy atom. The van der Waals surface area contributed by atoms with Crippen LogP contribution in [-0.4, -0.2) is 25.1 Å². The van der Waals surface area contributed by atoms with Crippen LogP contribution in [0.2, 0.25) is 0 Å². The number of rotatable bonds is 6. The highest BCUT2D eigenvalue weighted by Crippen LogP contribution is 2.17. The molecule has 2 rings (SSSR count). The number of carbonyl (C=O) groups excluding carboxylic acids is 2. The van der Waals surface area contributed by atoms with Gasteiger partial charge in [0.05, 0.1) is 0 Å². The Labute approximate surface area is 139 Å². The van der Waals surface area contributed by atoms with Gasteiger partial charge in [0.2, 0.25) is 0 Å². The Bertz CT molecular complexity index is 728. The minimum absolute atomic E-state index is 0.341. The molecule has 0 aliphatic heterocycles. The number of halogens is 1. The van der Waals surface area contributed by atoms with Crippen molar-refractivity contribution >= 4 is 17.6 Å². The summed E-state index contributed by atoms with van der Waals surface area (Å²) in [4.78, 5) is 23.4. The Hall–Kier alpha value is -2.89. The number of hydrogen-bond acceptors (Lipinski definition) is 4. The first-order valence-corrected chi connectivity index (χ1v) is 7.36. The van der Waals surface area contributed by atoms with E-state index in [-0.39, 0.29) is 6.61 Å². The summed E-state index contributed by atoms with van der Waals surface area (Å²) in [6.45, 7) is 3.08. The SMILES string of the molecule is Cc1cccc(NC(=O)COC(=O)COc2ccc(F)cc2)c1C. The second kappa shape index (κ2) is 8.10. The Morgan fingerprint density at radius 3 is 2.46 bits per heavy atom. The zero-order valence-electron chi connectivity index (χ0n) is 13.5. The van der Waals surface area contributed by atoms with Gasteiger partial charge in [-0.15, -0.1) is 0 Å². The van der Waals surface area contributed by atoms with E-state index in [0.717, 1.165) is 11.1 Å². The van der Waals surface area contributed by atoms with Crippen molar-refractivity contribution in [2.45, 2.75) is 13.8 Å². The van der Waals surface area contributed by atoms with Crippen molar-refractivity contribution in [3.8, 4) is 5.75 Å². The van der Waals surface area contributed by atoms with Crippen LogP contribution in [0.4, 0.5) is 10.1 Å². The second-order valence-corrected chi connectivity index (χ2v) is 5.20. The Kier molecular flexibility index (Phi) is 5.89. The molecule has 0 aromatic heterocycles.